The van der Waals surface area contributed by atoms with Crippen molar-refractivity contribution in [2.24, 2.45) is 0 Å². The van der Waals surface area contributed by atoms with Gasteiger partial charge in [-0.15, -0.1) is 0 Å². The molecule has 0 saturated heterocycles. The molecule has 66 valence electrons. The van der Waals surface area contributed by atoms with Gasteiger partial charge in [-0.1, -0.05) is 18.2 Å². The fourth-order valence-electron chi connectivity index (χ4n) is 2.22. The van der Waals surface area contributed by atoms with Crippen molar-refractivity contribution in [1.29, 1.82) is 0 Å². The van der Waals surface area contributed by atoms with Crippen molar-refractivity contribution in [1.82, 2.24) is 0 Å². The minimum atomic E-state index is -0.522. The molecule has 2 heterocycles. The zero-order valence-electron chi connectivity index (χ0n) is 7.25. The first-order valence-corrected chi connectivity index (χ1v) is 4.37. The van der Waals surface area contributed by atoms with Crippen LogP contribution in [0, 0.1) is 5.82 Å². The molecule has 2 heteroatoms. The van der Waals surface area contributed by atoms with Crippen molar-refractivity contribution in [3.8, 4) is 0 Å². The number of hydrogen-bond donors (Lipinski definition) is 0. The van der Waals surface area contributed by atoms with Gasteiger partial charge in [-0.3, -0.25) is 0 Å². The van der Waals surface area contributed by atoms with E-state index in [1.807, 2.05) is 25.1 Å². The molecule has 13 heavy (non-hydrogen) atoms. The average Bonchev–Trinajstić information content (AvgIpc) is 2.59. The Morgan fingerprint density at radius 1 is 1.46 bits per heavy atom. The second-order valence-corrected chi connectivity index (χ2v) is 3.71. The Balaban J connectivity index is 2.34. The maximum absolute atomic E-state index is 13.5. The minimum absolute atomic E-state index is 0.0318. The van der Waals surface area contributed by atoms with Gasteiger partial charge in [0.25, 0.3) is 0 Å². The zero-order valence-corrected chi connectivity index (χ0v) is 7.25. The number of halogens is 1. The molecule has 2 atom stereocenters. The highest BCUT2D eigenvalue weighted by atomic mass is 19.1. The lowest BCUT2D eigenvalue weighted by atomic mass is 9.88. The Kier molecular flexibility index (Phi) is 1.13. The summed E-state index contributed by atoms with van der Waals surface area (Å²) in [6.07, 6.45) is 3.89. The van der Waals surface area contributed by atoms with Crippen molar-refractivity contribution in [3.05, 3.63) is 47.3 Å². The Labute approximate surface area is 75.8 Å². The maximum Gasteiger partial charge on any atom is 0.130 e. The Hall–Kier alpha value is -1.15. The van der Waals surface area contributed by atoms with Crippen molar-refractivity contribution in [2.45, 2.75) is 18.6 Å². The Morgan fingerprint density at radius 3 is 3.08 bits per heavy atom. The average molecular weight is 176 g/mol. The second-order valence-electron chi connectivity index (χ2n) is 3.71. The fraction of sp³-hybridized carbons (Fsp3) is 0.273. The molecule has 1 aromatic carbocycles. The molecule has 1 aromatic rings. The SMILES string of the molecule is CC12C=CC(O1)c1cccc(F)c12. The maximum atomic E-state index is 13.5. The third kappa shape index (κ3) is 0.742. The molecule has 0 spiro atoms. The van der Waals surface area contributed by atoms with E-state index in [0.717, 1.165) is 5.56 Å². The zero-order chi connectivity index (χ0) is 9.05. The van der Waals surface area contributed by atoms with Gasteiger partial charge in [0, 0.05) is 5.56 Å². The highest BCUT2D eigenvalue weighted by Crippen LogP contribution is 2.50. The van der Waals surface area contributed by atoms with E-state index in [1.165, 1.54) is 6.07 Å². The smallest absolute Gasteiger partial charge is 0.130 e. The largest absolute Gasteiger partial charge is 0.354 e. The van der Waals surface area contributed by atoms with Crippen LogP contribution in [0.25, 0.3) is 0 Å². The van der Waals surface area contributed by atoms with Crippen LogP contribution in [-0.2, 0) is 10.3 Å². The number of benzene rings is 1. The number of fused-ring (bicyclic) bond motifs is 5. The molecule has 2 aliphatic heterocycles. The van der Waals surface area contributed by atoms with E-state index in [4.69, 9.17) is 4.74 Å². The summed E-state index contributed by atoms with van der Waals surface area (Å²) < 4.78 is 19.1. The third-order valence-corrected chi connectivity index (χ3v) is 2.81. The number of ether oxygens (including phenoxy) is 1. The molecule has 2 bridgehead atoms. The van der Waals surface area contributed by atoms with E-state index in [1.54, 1.807) is 6.07 Å². The summed E-state index contributed by atoms with van der Waals surface area (Å²) in [6, 6.07) is 5.15. The molecule has 0 aliphatic carbocycles. The number of rotatable bonds is 0. The molecule has 0 amide bonds. The van der Waals surface area contributed by atoms with Gasteiger partial charge >= 0.3 is 0 Å². The van der Waals surface area contributed by atoms with Crippen LogP contribution in [0.2, 0.25) is 0 Å². The fourth-order valence-corrected chi connectivity index (χ4v) is 2.22. The van der Waals surface area contributed by atoms with Crippen LogP contribution in [-0.4, -0.2) is 0 Å². The van der Waals surface area contributed by atoms with E-state index in [9.17, 15) is 4.39 Å². The van der Waals surface area contributed by atoms with Gasteiger partial charge in [0.1, 0.15) is 17.5 Å². The van der Waals surface area contributed by atoms with E-state index in [2.05, 4.69) is 0 Å². The molecule has 0 aromatic heterocycles. The van der Waals surface area contributed by atoms with Gasteiger partial charge < -0.3 is 4.74 Å². The first-order chi connectivity index (χ1) is 6.21. The summed E-state index contributed by atoms with van der Waals surface area (Å²) in [5.41, 5.74) is 1.17. The summed E-state index contributed by atoms with van der Waals surface area (Å²) in [5.74, 6) is -0.160. The summed E-state index contributed by atoms with van der Waals surface area (Å²) in [6.45, 7) is 1.90. The predicted molar refractivity (Wildman–Crippen MR) is 46.7 cm³/mol. The summed E-state index contributed by atoms with van der Waals surface area (Å²) in [5, 5.41) is 0. The van der Waals surface area contributed by atoms with Crippen LogP contribution in [0.5, 0.6) is 0 Å². The van der Waals surface area contributed by atoms with Crippen molar-refractivity contribution in [2.75, 3.05) is 0 Å². The molecule has 0 saturated carbocycles. The lowest BCUT2D eigenvalue weighted by molar-refractivity contribution is 0.00986. The molecule has 0 N–H and O–H groups in total. The van der Waals surface area contributed by atoms with Crippen LogP contribution >= 0.6 is 0 Å². The standard InChI is InChI=1S/C11H9FO/c1-11-6-5-9(13-11)7-3-2-4-8(12)10(7)11/h2-6,9H,1H3. The van der Waals surface area contributed by atoms with E-state index in [0.29, 0.717) is 5.56 Å². The Bertz CT molecular complexity index is 411. The molecule has 0 fully saturated rings. The molecule has 0 radical (unpaired) electrons. The Morgan fingerprint density at radius 2 is 2.31 bits per heavy atom. The molecule has 2 aliphatic rings. The van der Waals surface area contributed by atoms with Crippen LogP contribution in [0.3, 0.4) is 0 Å². The van der Waals surface area contributed by atoms with Crippen molar-refractivity contribution >= 4 is 0 Å². The normalized spacial score (nSPS) is 33.8. The molecular weight excluding hydrogens is 167 g/mol. The van der Waals surface area contributed by atoms with Crippen molar-refractivity contribution in [3.63, 3.8) is 0 Å². The lowest BCUT2D eigenvalue weighted by Gasteiger charge is -2.18. The van der Waals surface area contributed by atoms with Crippen LogP contribution in [0.15, 0.2) is 30.4 Å². The van der Waals surface area contributed by atoms with Crippen molar-refractivity contribution < 1.29 is 9.13 Å². The van der Waals surface area contributed by atoms with E-state index >= 15 is 0 Å². The monoisotopic (exact) mass is 176 g/mol. The van der Waals surface area contributed by atoms with Crippen LogP contribution in [0.1, 0.15) is 24.2 Å². The highest BCUT2D eigenvalue weighted by molar-refractivity contribution is 5.47. The minimum Gasteiger partial charge on any atom is -0.354 e. The van der Waals surface area contributed by atoms with Gasteiger partial charge in [-0.05, 0) is 24.6 Å². The van der Waals surface area contributed by atoms with Gasteiger partial charge in [0.2, 0.25) is 0 Å². The molecule has 1 nitrogen and oxygen atoms in total. The third-order valence-electron chi connectivity index (χ3n) is 2.81. The van der Waals surface area contributed by atoms with Gasteiger partial charge in [0.15, 0.2) is 0 Å². The summed E-state index contributed by atoms with van der Waals surface area (Å²) in [4.78, 5) is 0. The number of hydrogen-bond acceptors (Lipinski definition) is 1. The first-order valence-electron chi connectivity index (χ1n) is 4.37. The van der Waals surface area contributed by atoms with Crippen LogP contribution < -0.4 is 0 Å². The van der Waals surface area contributed by atoms with Gasteiger partial charge in [0.05, 0.1) is 0 Å². The van der Waals surface area contributed by atoms with Gasteiger partial charge in [-0.2, -0.15) is 0 Å². The van der Waals surface area contributed by atoms with E-state index in [-0.39, 0.29) is 11.9 Å². The molecule has 3 rings (SSSR count). The molecule has 2 unspecified atom stereocenters. The first kappa shape index (κ1) is 7.27. The molecular formula is C11H9FO. The topological polar surface area (TPSA) is 9.23 Å². The quantitative estimate of drug-likeness (QED) is 0.552. The van der Waals surface area contributed by atoms with Gasteiger partial charge in [-0.25, -0.2) is 4.39 Å². The van der Waals surface area contributed by atoms with Crippen LogP contribution in [0.4, 0.5) is 4.39 Å². The lowest BCUT2D eigenvalue weighted by Crippen LogP contribution is -2.16. The second kappa shape index (κ2) is 2.02. The predicted octanol–water partition coefficient (Wildman–Crippen LogP) is 2.68. The highest BCUT2D eigenvalue weighted by Gasteiger charge is 2.44. The summed E-state index contributed by atoms with van der Waals surface area (Å²) >= 11 is 0. The summed E-state index contributed by atoms with van der Waals surface area (Å²) in [7, 11) is 0. The van der Waals surface area contributed by atoms with E-state index < -0.39 is 5.60 Å².